The fourth-order valence-corrected chi connectivity index (χ4v) is 5.51. The number of phenolic OH excluding ortho intramolecular Hbond substituents is 4. The van der Waals surface area contributed by atoms with E-state index in [-0.39, 0.29) is 75.8 Å². The van der Waals surface area contributed by atoms with Gasteiger partial charge in [0.05, 0.1) is 13.2 Å². The highest BCUT2D eigenvalue weighted by Crippen LogP contribution is 2.57. The van der Waals surface area contributed by atoms with E-state index < -0.39 is 46.4 Å². The minimum Gasteiger partial charge on any atom is -0.507 e. The minimum absolute atomic E-state index is 0.0351. The maximum atomic E-state index is 12.9. The van der Waals surface area contributed by atoms with Gasteiger partial charge in [0.1, 0.15) is 51.2 Å². The number of ether oxygens (including phenoxy) is 2. The van der Waals surface area contributed by atoms with Gasteiger partial charge in [-0.25, -0.2) is 0 Å². The van der Waals surface area contributed by atoms with Crippen LogP contribution in [-0.4, -0.2) is 55.9 Å². The standard InChI is InChI=1S/C32H42O9/c1-14(2)10-11-18-26(36)24(29(39)23(17(6)34)30(18)40-9)19(12-15(3)4)25-28(38)22(16(5)33)27(37)20-13-21(35)32(7,8)41-31(20)25/h10,15,19,21,35-39H,11-13H2,1-9H3. The number of fused-ring (bicyclic) bond motifs is 1. The lowest BCUT2D eigenvalue weighted by Crippen LogP contribution is -2.46. The summed E-state index contributed by atoms with van der Waals surface area (Å²) in [4.78, 5) is 25.6. The summed E-state index contributed by atoms with van der Waals surface area (Å²) in [5.74, 6) is -3.99. The number of ketones is 2. The number of rotatable bonds is 9. The van der Waals surface area contributed by atoms with E-state index in [0.29, 0.717) is 0 Å². The first-order chi connectivity index (χ1) is 19.0. The second-order valence-electron chi connectivity index (χ2n) is 12.0. The molecule has 0 bridgehead atoms. The first kappa shape index (κ1) is 31.8. The number of carbonyl (C=O) groups excluding carboxylic acids is 2. The summed E-state index contributed by atoms with van der Waals surface area (Å²) in [7, 11) is 1.35. The third-order valence-electron chi connectivity index (χ3n) is 7.66. The Bertz CT molecular complexity index is 1410. The number of carbonyl (C=O) groups is 2. The molecule has 2 atom stereocenters. The van der Waals surface area contributed by atoms with Crippen molar-refractivity contribution in [3.05, 3.63) is 45.0 Å². The first-order valence-electron chi connectivity index (χ1n) is 13.7. The molecular weight excluding hydrogens is 528 g/mol. The predicted octanol–water partition coefficient (Wildman–Crippen LogP) is 5.68. The molecule has 1 aliphatic heterocycles. The Morgan fingerprint density at radius 3 is 2.00 bits per heavy atom. The summed E-state index contributed by atoms with van der Waals surface area (Å²) in [5.41, 5.74) is -0.223. The van der Waals surface area contributed by atoms with Gasteiger partial charge in [-0.05, 0) is 60.3 Å². The van der Waals surface area contributed by atoms with Crippen molar-refractivity contribution in [1.82, 2.24) is 0 Å². The molecule has 2 aromatic rings. The quantitative estimate of drug-likeness (QED) is 0.189. The fourth-order valence-electron chi connectivity index (χ4n) is 5.51. The van der Waals surface area contributed by atoms with Crippen LogP contribution in [0.5, 0.6) is 34.5 Å². The molecule has 5 N–H and O–H groups in total. The van der Waals surface area contributed by atoms with Gasteiger partial charge in [-0.3, -0.25) is 9.59 Å². The molecule has 0 aliphatic carbocycles. The molecule has 2 aromatic carbocycles. The van der Waals surface area contributed by atoms with Crippen molar-refractivity contribution in [1.29, 1.82) is 0 Å². The van der Waals surface area contributed by atoms with E-state index in [0.717, 1.165) is 5.57 Å². The molecule has 0 spiro atoms. The lowest BCUT2D eigenvalue weighted by atomic mass is 9.77. The zero-order valence-corrected chi connectivity index (χ0v) is 25.3. The zero-order chi connectivity index (χ0) is 31.1. The van der Waals surface area contributed by atoms with Crippen LogP contribution >= 0.6 is 0 Å². The van der Waals surface area contributed by atoms with Crippen LogP contribution in [0.1, 0.15) is 111 Å². The summed E-state index contributed by atoms with van der Waals surface area (Å²) in [6.07, 6.45) is 1.17. The Morgan fingerprint density at radius 1 is 0.951 bits per heavy atom. The average Bonchev–Trinajstić information content (AvgIpc) is 2.83. The molecule has 0 radical (unpaired) electrons. The molecule has 0 amide bonds. The second kappa shape index (κ2) is 11.6. The first-order valence-corrected chi connectivity index (χ1v) is 13.7. The van der Waals surface area contributed by atoms with Gasteiger partial charge >= 0.3 is 0 Å². The molecule has 224 valence electrons. The van der Waals surface area contributed by atoms with Gasteiger partial charge in [-0.1, -0.05) is 25.5 Å². The third-order valence-corrected chi connectivity index (χ3v) is 7.66. The van der Waals surface area contributed by atoms with E-state index >= 15 is 0 Å². The minimum atomic E-state index is -1.14. The summed E-state index contributed by atoms with van der Waals surface area (Å²) in [6.45, 7) is 13.4. The zero-order valence-electron chi connectivity index (χ0n) is 25.3. The summed E-state index contributed by atoms with van der Waals surface area (Å²) >= 11 is 0. The van der Waals surface area contributed by atoms with Gasteiger partial charge in [0, 0.05) is 34.6 Å². The highest BCUT2D eigenvalue weighted by Gasteiger charge is 2.43. The lowest BCUT2D eigenvalue weighted by Gasteiger charge is -2.40. The summed E-state index contributed by atoms with van der Waals surface area (Å²) in [5, 5.41) is 56.8. The number of aliphatic hydroxyl groups excluding tert-OH is 1. The molecule has 0 fully saturated rings. The largest absolute Gasteiger partial charge is 0.507 e. The predicted molar refractivity (Wildman–Crippen MR) is 155 cm³/mol. The van der Waals surface area contributed by atoms with Crippen molar-refractivity contribution >= 4 is 11.6 Å². The van der Waals surface area contributed by atoms with Crippen LogP contribution in [0.15, 0.2) is 11.6 Å². The lowest BCUT2D eigenvalue weighted by molar-refractivity contribution is -0.0426. The number of allylic oxidation sites excluding steroid dienone is 2. The van der Waals surface area contributed by atoms with E-state index in [1.54, 1.807) is 13.8 Å². The summed E-state index contributed by atoms with van der Waals surface area (Å²) < 4.78 is 11.7. The number of aliphatic hydroxyl groups is 1. The maximum Gasteiger partial charge on any atom is 0.167 e. The van der Waals surface area contributed by atoms with Gasteiger partial charge in [0.2, 0.25) is 0 Å². The maximum absolute atomic E-state index is 12.9. The Hall–Kier alpha value is -3.72. The molecule has 9 nitrogen and oxygen atoms in total. The van der Waals surface area contributed by atoms with Crippen molar-refractivity contribution in [3.8, 4) is 34.5 Å². The Labute approximate surface area is 241 Å². The monoisotopic (exact) mass is 570 g/mol. The summed E-state index contributed by atoms with van der Waals surface area (Å²) in [6, 6.07) is 0. The van der Waals surface area contributed by atoms with Crippen LogP contribution in [0.2, 0.25) is 0 Å². The molecule has 3 rings (SSSR count). The Morgan fingerprint density at radius 2 is 1.51 bits per heavy atom. The van der Waals surface area contributed by atoms with Gasteiger partial charge < -0.3 is 35.0 Å². The van der Waals surface area contributed by atoms with E-state index in [9.17, 15) is 35.1 Å². The van der Waals surface area contributed by atoms with Crippen LogP contribution < -0.4 is 9.47 Å². The molecule has 2 unspecified atom stereocenters. The van der Waals surface area contributed by atoms with Crippen molar-refractivity contribution in [2.24, 2.45) is 5.92 Å². The normalized spacial score (nSPS) is 16.5. The smallest absolute Gasteiger partial charge is 0.167 e. The van der Waals surface area contributed by atoms with Crippen molar-refractivity contribution in [2.45, 2.75) is 92.3 Å². The van der Waals surface area contributed by atoms with E-state index in [4.69, 9.17) is 9.47 Å². The van der Waals surface area contributed by atoms with Crippen LogP contribution in [0.3, 0.4) is 0 Å². The third kappa shape index (κ3) is 5.73. The van der Waals surface area contributed by atoms with Gasteiger partial charge in [-0.2, -0.15) is 0 Å². The number of aromatic hydroxyl groups is 4. The molecule has 1 aliphatic rings. The van der Waals surface area contributed by atoms with Crippen LogP contribution in [-0.2, 0) is 12.8 Å². The van der Waals surface area contributed by atoms with Crippen molar-refractivity contribution in [2.75, 3.05) is 7.11 Å². The second-order valence-corrected chi connectivity index (χ2v) is 12.0. The highest BCUT2D eigenvalue weighted by molar-refractivity contribution is 6.02. The van der Waals surface area contributed by atoms with Gasteiger partial charge in [-0.15, -0.1) is 0 Å². The van der Waals surface area contributed by atoms with E-state index in [2.05, 4.69) is 0 Å². The molecule has 0 aromatic heterocycles. The number of methoxy groups -OCH3 is 1. The Kier molecular flexibility index (Phi) is 9.03. The SMILES string of the molecule is COc1c(CC=C(C)C)c(O)c(C(CC(C)C)c2c(O)c(C(C)=O)c(O)c3c2OC(C)(C)C(O)C3)c(O)c1C(C)=O. The highest BCUT2D eigenvalue weighted by atomic mass is 16.5. The fraction of sp³-hybridized carbons (Fsp3) is 0.500. The van der Waals surface area contributed by atoms with Gasteiger partial charge in [0.25, 0.3) is 0 Å². The number of hydrogen-bond donors (Lipinski definition) is 5. The number of benzene rings is 2. The van der Waals surface area contributed by atoms with Crippen molar-refractivity contribution < 1.29 is 44.6 Å². The van der Waals surface area contributed by atoms with E-state index in [1.807, 2.05) is 33.8 Å². The van der Waals surface area contributed by atoms with Crippen molar-refractivity contribution in [3.63, 3.8) is 0 Å². The molecule has 9 heteroatoms. The number of hydrogen-bond acceptors (Lipinski definition) is 9. The van der Waals surface area contributed by atoms with Crippen LogP contribution in [0.25, 0.3) is 0 Å². The number of phenols is 4. The van der Waals surface area contributed by atoms with E-state index in [1.165, 1.54) is 21.0 Å². The molecule has 0 saturated carbocycles. The van der Waals surface area contributed by atoms with Gasteiger partial charge in [0.15, 0.2) is 11.6 Å². The van der Waals surface area contributed by atoms with Crippen LogP contribution in [0, 0.1) is 5.92 Å². The molecule has 0 saturated heterocycles. The van der Waals surface area contributed by atoms with Crippen LogP contribution in [0.4, 0.5) is 0 Å². The number of Topliss-reactive ketones (excluding diaryl/α,β-unsaturated/α-hetero) is 2. The Balaban J connectivity index is 2.58. The molecule has 41 heavy (non-hydrogen) atoms. The molecule has 1 heterocycles. The topological polar surface area (TPSA) is 154 Å². The average molecular weight is 571 g/mol. The molecular formula is C32H42O9.